The van der Waals surface area contributed by atoms with Gasteiger partial charge in [-0.3, -0.25) is 9.69 Å². The molecule has 1 unspecified atom stereocenters. The molecule has 276 valence electrons. The summed E-state index contributed by atoms with van der Waals surface area (Å²) in [4.78, 5) is 27.9. The summed E-state index contributed by atoms with van der Waals surface area (Å²) in [5, 5.41) is 20.4. The second-order valence-corrected chi connectivity index (χ2v) is 14.4. The molecule has 0 saturated carbocycles. The predicted molar refractivity (Wildman–Crippen MR) is 214 cm³/mol. The van der Waals surface area contributed by atoms with Crippen molar-refractivity contribution in [2.45, 2.75) is 58.0 Å². The zero-order valence-electron chi connectivity index (χ0n) is 30.9. The Labute approximate surface area is 316 Å². The number of nitrogens with one attached hydrogen (secondary N) is 2. The summed E-state index contributed by atoms with van der Waals surface area (Å²) in [6, 6.07) is 43.2. The van der Waals surface area contributed by atoms with Gasteiger partial charge in [0.15, 0.2) is 12.1 Å². The monoisotopic (exact) mass is 721 g/mol. The maximum absolute atomic E-state index is 13.2. The number of hydrogen-bond donors (Lipinski definition) is 3. The van der Waals surface area contributed by atoms with Crippen molar-refractivity contribution in [3.05, 3.63) is 161 Å². The number of ketones is 1. The van der Waals surface area contributed by atoms with Gasteiger partial charge in [-0.2, -0.15) is 0 Å². The van der Waals surface area contributed by atoms with Crippen LogP contribution < -0.4 is 10.6 Å². The van der Waals surface area contributed by atoms with Crippen LogP contribution in [0.3, 0.4) is 0 Å². The van der Waals surface area contributed by atoms with Gasteiger partial charge < -0.3 is 25.2 Å². The molecule has 8 nitrogen and oxygen atoms in total. The molecule has 3 N–H and O–H groups in total. The summed E-state index contributed by atoms with van der Waals surface area (Å²) < 4.78 is 13.5. The molecule has 6 aromatic rings. The first-order valence-electron chi connectivity index (χ1n) is 18.6. The van der Waals surface area contributed by atoms with Crippen LogP contribution in [-0.4, -0.2) is 47.6 Å². The number of urea groups is 1. The third-order valence-electron chi connectivity index (χ3n) is 10.4. The third kappa shape index (κ3) is 8.54. The Hall–Kier alpha value is -5.38. The maximum atomic E-state index is 13.2. The summed E-state index contributed by atoms with van der Waals surface area (Å²) >= 11 is 0. The zero-order valence-corrected chi connectivity index (χ0v) is 30.9. The van der Waals surface area contributed by atoms with Crippen LogP contribution in [-0.2, 0) is 33.8 Å². The van der Waals surface area contributed by atoms with Gasteiger partial charge in [-0.05, 0) is 82.4 Å². The van der Waals surface area contributed by atoms with Crippen molar-refractivity contribution in [3.63, 3.8) is 0 Å². The second-order valence-electron chi connectivity index (χ2n) is 14.4. The number of carbonyl (C=O) groups is 2. The molecule has 0 aromatic heterocycles. The van der Waals surface area contributed by atoms with Crippen molar-refractivity contribution in [2.75, 3.05) is 18.9 Å². The molecule has 8 heteroatoms. The molecule has 0 bridgehead atoms. The van der Waals surface area contributed by atoms with Crippen molar-refractivity contribution >= 4 is 39.0 Å². The largest absolute Gasteiger partial charge is 0.392 e. The second kappa shape index (κ2) is 16.7. The van der Waals surface area contributed by atoms with Crippen LogP contribution in [0.25, 0.3) is 21.5 Å². The Kier molecular flexibility index (Phi) is 11.5. The zero-order chi connectivity index (χ0) is 37.6. The lowest BCUT2D eigenvalue weighted by Gasteiger charge is -2.42. The van der Waals surface area contributed by atoms with E-state index < -0.39 is 18.4 Å². The highest BCUT2D eigenvalue weighted by Crippen LogP contribution is 2.42. The van der Waals surface area contributed by atoms with E-state index in [-0.39, 0.29) is 30.5 Å². The minimum atomic E-state index is -0.714. The number of rotatable bonds is 12. The Balaban J connectivity index is 1.12. The summed E-state index contributed by atoms with van der Waals surface area (Å²) in [6.07, 6.45) is -0.804. The average molecular weight is 722 g/mol. The van der Waals surface area contributed by atoms with Crippen molar-refractivity contribution < 1.29 is 24.2 Å². The Morgan fingerprint density at radius 1 is 0.759 bits per heavy atom. The number of anilines is 1. The molecule has 7 rings (SSSR count). The predicted octanol–water partition coefficient (Wildman–Crippen LogP) is 8.73. The standard InChI is InChI=1S/C46H47N3O5/c1-30-43(28-49(3)27-41-39-18-9-7-14-35(39)25-36-15-8-10-19-40(36)41)53-45(54-44(30)34-22-20-33(29-50)21-23-34)37-16-11-17-38(26-37)47-46(52)48-42(31(2)51)24-32-12-5-4-6-13-32/h4-23,25-26,30,42-45,50H,24,27-29H2,1-3H3,(H2,47,48,52)/t30-,42+,43+,44+,45?/m0/s1. The number of likely N-dealkylation sites (N-methyl/N-ethyl adjacent to an activating group) is 1. The lowest BCUT2D eigenvalue weighted by molar-refractivity contribution is -0.276. The topological polar surface area (TPSA) is 100 Å². The fourth-order valence-corrected chi connectivity index (χ4v) is 7.48. The average Bonchev–Trinajstić information content (AvgIpc) is 3.19. The number of nitrogens with zero attached hydrogens (tertiary/aromatic N) is 1. The van der Waals surface area contributed by atoms with Gasteiger partial charge in [-0.1, -0.05) is 122 Å². The van der Waals surface area contributed by atoms with Crippen molar-refractivity contribution in [1.29, 1.82) is 0 Å². The van der Waals surface area contributed by atoms with E-state index in [0.717, 1.165) is 28.8 Å². The van der Waals surface area contributed by atoms with E-state index in [2.05, 4.69) is 84.1 Å². The molecule has 6 aromatic carbocycles. The molecule has 0 radical (unpaired) electrons. The van der Waals surface area contributed by atoms with Crippen molar-refractivity contribution in [1.82, 2.24) is 10.2 Å². The highest BCUT2D eigenvalue weighted by atomic mass is 16.7. The Bertz CT molecular complexity index is 2170. The molecule has 54 heavy (non-hydrogen) atoms. The number of carbonyl (C=O) groups excluding carboxylic acids is 2. The first-order chi connectivity index (χ1) is 26.2. The molecule has 0 aliphatic carbocycles. The molecule has 5 atom stereocenters. The number of aliphatic hydroxyl groups excluding tert-OH is 1. The fraction of sp³-hybridized carbons (Fsp3) is 0.261. The molecule has 1 saturated heterocycles. The highest BCUT2D eigenvalue weighted by Gasteiger charge is 2.39. The van der Waals surface area contributed by atoms with Crippen LogP contribution in [0.4, 0.5) is 10.5 Å². The van der Waals surface area contributed by atoms with Crippen molar-refractivity contribution in [3.8, 4) is 0 Å². The molecule has 1 aliphatic heterocycles. The van der Waals surface area contributed by atoms with E-state index in [9.17, 15) is 14.7 Å². The van der Waals surface area contributed by atoms with Crippen LogP contribution >= 0.6 is 0 Å². The normalized spacial score (nSPS) is 19.1. The number of fused-ring (bicyclic) bond motifs is 2. The molecule has 1 heterocycles. The summed E-state index contributed by atoms with van der Waals surface area (Å²) in [5.74, 6) is -0.128. The lowest BCUT2D eigenvalue weighted by Crippen LogP contribution is -2.43. The molecule has 1 fully saturated rings. The third-order valence-corrected chi connectivity index (χ3v) is 10.4. The van der Waals surface area contributed by atoms with Gasteiger partial charge in [0.1, 0.15) is 0 Å². The molecule has 1 aliphatic rings. The van der Waals surface area contributed by atoms with E-state index in [1.165, 1.54) is 34.0 Å². The minimum Gasteiger partial charge on any atom is -0.392 e. The Morgan fingerprint density at radius 3 is 2.09 bits per heavy atom. The number of Topliss-reactive ketones (excluding diaryl/α,β-unsaturated/α-hetero) is 1. The van der Waals surface area contributed by atoms with Crippen molar-refractivity contribution in [2.24, 2.45) is 5.92 Å². The minimum absolute atomic E-state index is 0.00634. The van der Waals surface area contributed by atoms with Gasteiger partial charge in [0, 0.05) is 30.3 Å². The number of amides is 2. The number of ether oxygens (including phenoxy) is 2. The van der Waals surface area contributed by atoms with E-state index in [4.69, 9.17) is 9.47 Å². The molecular formula is C46H47N3O5. The summed E-state index contributed by atoms with van der Waals surface area (Å²) in [6.45, 7) is 5.00. The van der Waals surface area contributed by atoms with E-state index in [1.807, 2.05) is 72.8 Å². The van der Waals surface area contributed by atoms with Gasteiger partial charge in [0.05, 0.1) is 24.9 Å². The van der Waals surface area contributed by atoms with Gasteiger partial charge in [-0.15, -0.1) is 0 Å². The van der Waals surface area contributed by atoms with Gasteiger partial charge in [0.2, 0.25) is 0 Å². The van der Waals surface area contributed by atoms with E-state index >= 15 is 0 Å². The molecular weight excluding hydrogens is 675 g/mol. The van der Waals surface area contributed by atoms with Crippen LogP contribution in [0.2, 0.25) is 0 Å². The van der Waals surface area contributed by atoms with Gasteiger partial charge >= 0.3 is 6.03 Å². The molecule has 2 amide bonds. The first-order valence-corrected chi connectivity index (χ1v) is 18.6. The van der Waals surface area contributed by atoms with Crippen LogP contribution in [0.5, 0.6) is 0 Å². The fourth-order valence-electron chi connectivity index (χ4n) is 7.48. The van der Waals surface area contributed by atoms with E-state index in [1.54, 1.807) is 6.07 Å². The highest BCUT2D eigenvalue weighted by molar-refractivity contribution is 6.02. The summed E-state index contributed by atoms with van der Waals surface area (Å²) in [7, 11) is 2.14. The first kappa shape index (κ1) is 37.0. The van der Waals surface area contributed by atoms with Gasteiger partial charge in [-0.25, -0.2) is 4.79 Å². The summed E-state index contributed by atoms with van der Waals surface area (Å²) in [5.41, 5.74) is 5.40. The quantitative estimate of drug-likeness (QED) is 0.109. The number of hydrogen-bond acceptors (Lipinski definition) is 6. The smallest absolute Gasteiger partial charge is 0.319 e. The molecule has 0 spiro atoms. The lowest BCUT2D eigenvalue weighted by atomic mass is 9.89. The number of benzene rings is 6. The van der Waals surface area contributed by atoms with E-state index in [0.29, 0.717) is 18.7 Å². The SMILES string of the molecule is CC(=O)[C@@H](Cc1ccccc1)NC(=O)Nc1cccc(C2O[C@H](CN(C)Cc3c4ccccc4cc4ccccc34)[C@H](C)[C@H](c3ccc(CO)cc3)O2)c1. The maximum Gasteiger partial charge on any atom is 0.319 e. The number of aliphatic hydroxyl groups is 1. The van der Waals surface area contributed by atoms with Crippen LogP contribution in [0.1, 0.15) is 54.1 Å². The van der Waals surface area contributed by atoms with Crippen LogP contribution in [0, 0.1) is 5.92 Å². The Morgan fingerprint density at radius 2 is 1.43 bits per heavy atom. The van der Waals surface area contributed by atoms with Gasteiger partial charge in [0.25, 0.3) is 0 Å². The van der Waals surface area contributed by atoms with Crippen LogP contribution in [0.15, 0.2) is 133 Å².